The number of carbonyl (C=O) groups is 2. The topological polar surface area (TPSA) is 89.4 Å². The van der Waals surface area contributed by atoms with E-state index in [-0.39, 0.29) is 29.2 Å². The monoisotopic (exact) mass is 359 g/mol. The van der Waals surface area contributed by atoms with Crippen molar-refractivity contribution in [2.45, 2.75) is 56.7 Å². The van der Waals surface area contributed by atoms with Crippen LogP contribution in [0.15, 0.2) is 12.4 Å². The molecule has 2 amide bonds. The van der Waals surface area contributed by atoms with Crippen LogP contribution in [-0.4, -0.2) is 63.0 Å². The molecule has 5 aliphatic rings. The predicted molar refractivity (Wildman–Crippen MR) is 90.9 cm³/mol. The van der Waals surface area contributed by atoms with Crippen LogP contribution >= 0.6 is 0 Å². The van der Waals surface area contributed by atoms with Gasteiger partial charge in [0.1, 0.15) is 11.1 Å². The molecule has 5 fully saturated rings. The zero-order valence-corrected chi connectivity index (χ0v) is 15.3. The van der Waals surface area contributed by atoms with Gasteiger partial charge >= 0.3 is 0 Å². The normalized spacial score (nSPS) is 39.5. The molecule has 2 bridgehead atoms. The molecule has 0 radical (unpaired) electrons. The SMILES string of the molecule is C[C@@H]1CN(C(=O)C2(n3ccnn3)CC2)C[C@H]1NC(=O)C12CC(C)(CO1)C2. The first-order valence-corrected chi connectivity index (χ1v) is 9.47. The van der Waals surface area contributed by atoms with E-state index in [0.29, 0.717) is 19.7 Å². The summed E-state index contributed by atoms with van der Waals surface area (Å²) in [5.74, 6) is 0.313. The van der Waals surface area contributed by atoms with E-state index in [1.807, 2.05) is 4.90 Å². The molecule has 0 spiro atoms. The largest absolute Gasteiger partial charge is 0.365 e. The Kier molecular flexibility index (Phi) is 3.16. The molecule has 1 aromatic heterocycles. The Labute approximate surface area is 152 Å². The highest BCUT2D eigenvalue weighted by atomic mass is 16.5. The molecule has 2 saturated carbocycles. The van der Waals surface area contributed by atoms with E-state index < -0.39 is 11.1 Å². The minimum absolute atomic E-state index is 0.00367. The Balaban J connectivity index is 1.25. The van der Waals surface area contributed by atoms with Crippen molar-refractivity contribution in [1.82, 2.24) is 25.2 Å². The lowest BCUT2D eigenvalue weighted by Gasteiger charge is -2.41. The van der Waals surface area contributed by atoms with E-state index in [1.54, 1.807) is 17.1 Å². The summed E-state index contributed by atoms with van der Waals surface area (Å²) < 4.78 is 7.49. The number of rotatable bonds is 4. The number of ether oxygens (including phenoxy) is 1. The molecule has 1 aromatic rings. The van der Waals surface area contributed by atoms with Crippen molar-refractivity contribution in [3.05, 3.63) is 12.4 Å². The molecule has 140 valence electrons. The predicted octanol–water partition coefficient (Wildman–Crippen LogP) is 0.299. The molecule has 6 rings (SSSR count). The second-order valence-electron chi connectivity index (χ2n) is 9.09. The van der Waals surface area contributed by atoms with Gasteiger partial charge < -0.3 is 15.0 Å². The smallest absolute Gasteiger partial charge is 0.252 e. The first-order chi connectivity index (χ1) is 12.4. The summed E-state index contributed by atoms with van der Waals surface area (Å²) in [7, 11) is 0. The van der Waals surface area contributed by atoms with Crippen molar-refractivity contribution in [3.63, 3.8) is 0 Å². The highest BCUT2D eigenvalue weighted by molar-refractivity contribution is 5.89. The second-order valence-corrected chi connectivity index (χ2v) is 9.09. The third-order valence-corrected chi connectivity index (χ3v) is 6.73. The Morgan fingerprint density at radius 1 is 1.27 bits per heavy atom. The quantitative estimate of drug-likeness (QED) is 0.835. The number of hydrogen-bond acceptors (Lipinski definition) is 5. The van der Waals surface area contributed by atoms with Crippen molar-refractivity contribution < 1.29 is 14.3 Å². The molecule has 4 heterocycles. The molecule has 26 heavy (non-hydrogen) atoms. The Morgan fingerprint density at radius 2 is 2.04 bits per heavy atom. The third kappa shape index (κ3) is 2.17. The number of nitrogens with zero attached hydrogens (tertiary/aromatic N) is 4. The standard InChI is InChI=1S/C18H25N5O3/c1-12-7-22(15(25)17(3-4-17)23-6-5-19-21-23)8-13(12)20-14(24)18-9-16(2,10-18)11-26-18/h5-6,12-13H,3-4,7-11H2,1-2H3,(H,20,24)/t12-,13-,16?,18?/m1/s1. The van der Waals surface area contributed by atoms with E-state index in [4.69, 9.17) is 4.74 Å². The van der Waals surface area contributed by atoms with E-state index >= 15 is 0 Å². The zero-order chi connectivity index (χ0) is 18.2. The van der Waals surface area contributed by atoms with Gasteiger partial charge in [0, 0.05) is 19.3 Å². The molecule has 2 aliphatic carbocycles. The highest BCUT2D eigenvalue weighted by Gasteiger charge is 2.64. The number of carbonyl (C=O) groups excluding carboxylic acids is 2. The Hall–Kier alpha value is -1.96. The van der Waals surface area contributed by atoms with Gasteiger partial charge in [0.2, 0.25) is 0 Å². The van der Waals surface area contributed by atoms with E-state index in [1.165, 1.54) is 0 Å². The fourth-order valence-electron chi connectivity index (χ4n) is 5.08. The summed E-state index contributed by atoms with van der Waals surface area (Å²) in [5.41, 5.74) is -1.00. The number of aromatic nitrogens is 3. The summed E-state index contributed by atoms with van der Waals surface area (Å²) in [4.78, 5) is 27.7. The van der Waals surface area contributed by atoms with Crippen LogP contribution in [0, 0.1) is 11.3 Å². The summed E-state index contributed by atoms with van der Waals surface area (Å²) in [6.07, 6.45) is 6.58. The van der Waals surface area contributed by atoms with Gasteiger partial charge in [-0.3, -0.25) is 9.59 Å². The van der Waals surface area contributed by atoms with Crippen LogP contribution in [0.1, 0.15) is 39.5 Å². The fourth-order valence-corrected chi connectivity index (χ4v) is 5.08. The molecule has 3 saturated heterocycles. The highest BCUT2D eigenvalue weighted by Crippen LogP contribution is 2.57. The van der Waals surface area contributed by atoms with Crippen molar-refractivity contribution in [2.75, 3.05) is 19.7 Å². The van der Waals surface area contributed by atoms with Gasteiger partial charge in [0.05, 0.1) is 18.8 Å². The molecule has 1 N–H and O–H groups in total. The molecule has 2 atom stereocenters. The number of fused-ring (bicyclic) bond motifs is 1. The maximum atomic E-state index is 13.1. The Bertz CT molecular complexity index is 751. The van der Waals surface area contributed by atoms with Crippen molar-refractivity contribution in [1.29, 1.82) is 0 Å². The number of hydrogen-bond donors (Lipinski definition) is 1. The van der Waals surface area contributed by atoms with Crippen LogP contribution in [0.4, 0.5) is 0 Å². The van der Waals surface area contributed by atoms with Crippen molar-refractivity contribution in [2.24, 2.45) is 11.3 Å². The van der Waals surface area contributed by atoms with Crippen LogP contribution in [0.2, 0.25) is 0 Å². The van der Waals surface area contributed by atoms with Gasteiger partial charge in [-0.2, -0.15) is 0 Å². The molecular formula is C18H25N5O3. The molecule has 0 unspecified atom stereocenters. The number of nitrogens with one attached hydrogen (secondary N) is 1. The first-order valence-electron chi connectivity index (χ1n) is 9.47. The molecule has 8 heteroatoms. The van der Waals surface area contributed by atoms with Crippen LogP contribution in [0.25, 0.3) is 0 Å². The van der Waals surface area contributed by atoms with E-state index in [2.05, 4.69) is 29.5 Å². The van der Waals surface area contributed by atoms with Gasteiger partial charge in [0.25, 0.3) is 11.8 Å². The van der Waals surface area contributed by atoms with Crippen LogP contribution < -0.4 is 5.32 Å². The van der Waals surface area contributed by atoms with Crippen LogP contribution in [-0.2, 0) is 19.9 Å². The summed E-state index contributed by atoms with van der Waals surface area (Å²) in [5, 5.41) is 11.0. The lowest BCUT2D eigenvalue weighted by atomic mass is 9.63. The minimum atomic E-state index is -0.621. The third-order valence-electron chi connectivity index (χ3n) is 6.73. The molecule has 8 nitrogen and oxygen atoms in total. The summed E-state index contributed by atoms with van der Waals surface area (Å²) in [6.45, 7) is 6.14. The molecular weight excluding hydrogens is 334 g/mol. The van der Waals surface area contributed by atoms with Crippen LogP contribution in [0.5, 0.6) is 0 Å². The number of likely N-dealkylation sites (tertiary alicyclic amines) is 1. The van der Waals surface area contributed by atoms with Gasteiger partial charge in [-0.1, -0.05) is 19.1 Å². The second kappa shape index (κ2) is 5.06. The summed E-state index contributed by atoms with van der Waals surface area (Å²) >= 11 is 0. The van der Waals surface area contributed by atoms with Crippen molar-refractivity contribution >= 4 is 11.8 Å². The lowest BCUT2D eigenvalue weighted by molar-refractivity contribution is -0.146. The summed E-state index contributed by atoms with van der Waals surface area (Å²) in [6, 6.07) is -0.0246. The lowest BCUT2D eigenvalue weighted by Crippen LogP contribution is -2.57. The van der Waals surface area contributed by atoms with Gasteiger partial charge in [-0.05, 0) is 37.0 Å². The van der Waals surface area contributed by atoms with E-state index in [0.717, 1.165) is 25.7 Å². The average molecular weight is 359 g/mol. The fraction of sp³-hybridized carbons (Fsp3) is 0.778. The van der Waals surface area contributed by atoms with Crippen molar-refractivity contribution in [3.8, 4) is 0 Å². The van der Waals surface area contributed by atoms with E-state index in [9.17, 15) is 9.59 Å². The van der Waals surface area contributed by atoms with Gasteiger partial charge in [0.15, 0.2) is 0 Å². The average Bonchev–Trinajstić information content (AvgIpc) is 2.98. The maximum absolute atomic E-state index is 13.1. The molecule has 3 aliphatic heterocycles. The van der Waals surface area contributed by atoms with Gasteiger partial charge in [-0.15, -0.1) is 5.10 Å². The molecule has 0 aromatic carbocycles. The zero-order valence-electron chi connectivity index (χ0n) is 15.3. The maximum Gasteiger partial charge on any atom is 0.252 e. The first kappa shape index (κ1) is 16.2. The number of amides is 2. The minimum Gasteiger partial charge on any atom is -0.365 e. The van der Waals surface area contributed by atoms with Gasteiger partial charge in [-0.25, -0.2) is 4.68 Å². The van der Waals surface area contributed by atoms with Crippen LogP contribution in [0.3, 0.4) is 0 Å². The Morgan fingerprint density at radius 3 is 2.62 bits per heavy atom.